The quantitative estimate of drug-likeness (QED) is 0.472. The summed E-state index contributed by atoms with van der Waals surface area (Å²) in [6, 6.07) is 0. The largest absolute Gasteiger partial charge is 0.462 e. The van der Waals surface area contributed by atoms with Crippen LogP contribution in [0.15, 0.2) is 12.5 Å². The van der Waals surface area contributed by atoms with Crippen molar-refractivity contribution in [3.8, 4) is 0 Å². The minimum absolute atomic E-state index is 0.0209. The van der Waals surface area contributed by atoms with Gasteiger partial charge in [0.25, 0.3) is 5.95 Å². The van der Waals surface area contributed by atoms with E-state index >= 15 is 0 Å². The van der Waals surface area contributed by atoms with E-state index in [2.05, 4.69) is 6.58 Å². The molecule has 0 aromatic rings. The van der Waals surface area contributed by atoms with E-state index in [1.54, 1.807) is 0 Å². The second-order valence-electron chi connectivity index (χ2n) is 3.99. The second-order valence-corrected chi connectivity index (χ2v) is 3.99. The minimum atomic E-state index is -0.923. The SMILES string of the molecule is C=C1OCC(COCC(O)COCC(O)CO)O1. The van der Waals surface area contributed by atoms with E-state index in [4.69, 9.17) is 29.2 Å². The molecule has 0 saturated carbocycles. The highest BCUT2D eigenvalue weighted by molar-refractivity contribution is 4.79. The molecule has 0 aliphatic carbocycles. The monoisotopic (exact) mass is 264 g/mol. The number of aliphatic hydroxyl groups excluding tert-OH is 3. The van der Waals surface area contributed by atoms with Crippen LogP contribution in [-0.2, 0) is 18.9 Å². The Morgan fingerprint density at radius 1 is 1.22 bits per heavy atom. The van der Waals surface area contributed by atoms with Crippen LogP contribution >= 0.6 is 0 Å². The van der Waals surface area contributed by atoms with Gasteiger partial charge in [0.05, 0.1) is 33.0 Å². The van der Waals surface area contributed by atoms with Gasteiger partial charge in [0.1, 0.15) is 18.8 Å². The molecule has 1 aliphatic rings. The molecule has 7 heteroatoms. The molecule has 0 bridgehead atoms. The average molecular weight is 264 g/mol. The molecule has 1 aliphatic heterocycles. The van der Waals surface area contributed by atoms with Crippen molar-refractivity contribution in [1.29, 1.82) is 0 Å². The molecule has 18 heavy (non-hydrogen) atoms. The van der Waals surface area contributed by atoms with Gasteiger partial charge >= 0.3 is 0 Å². The second kappa shape index (κ2) is 8.28. The molecule has 3 atom stereocenters. The summed E-state index contributed by atoms with van der Waals surface area (Å²) in [5.41, 5.74) is 0. The maximum atomic E-state index is 9.48. The fourth-order valence-corrected chi connectivity index (χ4v) is 1.30. The molecule has 0 radical (unpaired) electrons. The summed E-state index contributed by atoms with van der Waals surface area (Å²) in [5.74, 6) is 0.283. The zero-order valence-electron chi connectivity index (χ0n) is 10.2. The predicted molar refractivity (Wildman–Crippen MR) is 60.7 cm³/mol. The molecule has 0 aromatic heterocycles. The van der Waals surface area contributed by atoms with Gasteiger partial charge in [0, 0.05) is 0 Å². The zero-order valence-corrected chi connectivity index (χ0v) is 10.2. The van der Waals surface area contributed by atoms with Crippen LogP contribution in [0.3, 0.4) is 0 Å². The van der Waals surface area contributed by atoms with E-state index in [-0.39, 0.29) is 38.5 Å². The van der Waals surface area contributed by atoms with Crippen LogP contribution in [0.4, 0.5) is 0 Å². The van der Waals surface area contributed by atoms with Crippen molar-refractivity contribution in [3.63, 3.8) is 0 Å². The summed E-state index contributed by atoms with van der Waals surface area (Å²) in [6.07, 6.45) is -1.91. The first-order valence-corrected chi connectivity index (χ1v) is 5.72. The van der Waals surface area contributed by atoms with E-state index < -0.39 is 12.2 Å². The fraction of sp³-hybridized carbons (Fsp3) is 0.818. The lowest BCUT2D eigenvalue weighted by atomic mass is 10.4. The Balaban J connectivity index is 1.96. The summed E-state index contributed by atoms with van der Waals surface area (Å²) in [7, 11) is 0. The number of hydrogen-bond donors (Lipinski definition) is 3. The molecule has 0 amide bonds. The normalized spacial score (nSPS) is 22.4. The van der Waals surface area contributed by atoms with E-state index in [1.165, 1.54) is 0 Å². The van der Waals surface area contributed by atoms with Gasteiger partial charge in [0.2, 0.25) is 0 Å². The fourth-order valence-electron chi connectivity index (χ4n) is 1.30. The Hall–Kier alpha value is -0.860. The summed E-state index contributed by atoms with van der Waals surface area (Å²) in [6.45, 7) is 3.94. The Morgan fingerprint density at radius 3 is 2.50 bits per heavy atom. The van der Waals surface area contributed by atoms with Gasteiger partial charge in [0.15, 0.2) is 6.10 Å². The van der Waals surface area contributed by atoms with Gasteiger partial charge in [-0.3, -0.25) is 0 Å². The van der Waals surface area contributed by atoms with Gasteiger partial charge in [-0.15, -0.1) is 0 Å². The first-order valence-electron chi connectivity index (χ1n) is 5.72. The molecule has 0 aromatic carbocycles. The molecular formula is C11H20O7. The van der Waals surface area contributed by atoms with E-state index in [0.29, 0.717) is 13.2 Å². The average Bonchev–Trinajstić information content (AvgIpc) is 2.75. The van der Waals surface area contributed by atoms with Crippen LogP contribution < -0.4 is 0 Å². The zero-order chi connectivity index (χ0) is 13.4. The van der Waals surface area contributed by atoms with Crippen LogP contribution in [0.25, 0.3) is 0 Å². The van der Waals surface area contributed by atoms with Crippen LogP contribution in [-0.4, -0.2) is 73.3 Å². The van der Waals surface area contributed by atoms with Crippen LogP contribution in [0.2, 0.25) is 0 Å². The standard InChI is InChI=1S/C11H20O7/c1-8-17-7-11(18-8)6-16-5-10(14)4-15-3-9(13)2-12/h9-14H,1-7H2. The topological polar surface area (TPSA) is 97.6 Å². The first kappa shape index (κ1) is 15.2. The van der Waals surface area contributed by atoms with E-state index in [9.17, 15) is 5.11 Å². The summed E-state index contributed by atoms with van der Waals surface area (Å²) < 4.78 is 20.3. The minimum Gasteiger partial charge on any atom is -0.462 e. The lowest BCUT2D eigenvalue weighted by Crippen LogP contribution is -2.28. The molecule has 1 heterocycles. The van der Waals surface area contributed by atoms with Crippen molar-refractivity contribution < 1.29 is 34.3 Å². The van der Waals surface area contributed by atoms with Crippen molar-refractivity contribution in [2.24, 2.45) is 0 Å². The molecule has 3 N–H and O–H groups in total. The third kappa shape index (κ3) is 6.18. The first-order chi connectivity index (χ1) is 8.61. The van der Waals surface area contributed by atoms with E-state index in [1.807, 2.05) is 0 Å². The maximum absolute atomic E-state index is 9.48. The molecule has 0 spiro atoms. The Morgan fingerprint density at radius 2 is 1.89 bits per heavy atom. The van der Waals surface area contributed by atoms with Gasteiger partial charge in [-0.25, -0.2) is 0 Å². The lowest BCUT2D eigenvalue weighted by molar-refractivity contribution is -0.0566. The maximum Gasteiger partial charge on any atom is 0.272 e. The predicted octanol–water partition coefficient (Wildman–Crippen LogP) is -1.38. The number of hydrogen-bond acceptors (Lipinski definition) is 7. The lowest BCUT2D eigenvalue weighted by Gasteiger charge is -2.14. The summed E-state index contributed by atoms with van der Waals surface area (Å²) in [4.78, 5) is 0. The highest BCUT2D eigenvalue weighted by Crippen LogP contribution is 2.12. The Kier molecular flexibility index (Phi) is 6.99. The smallest absolute Gasteiger partial charge is 0.272 e. The van der Waals surface area contributed by atoms with Gasteiger partial charge in [-0.05, 0) is 6.58 Å². The molecular weight excluding hydrogens is 244 g/mol. The molecule has 3 unspecified atom stereocenters. The molecule has 1 saturated heterocycles. The van der Waals surface area contributed by atoms with Crippen LogP contribution in [0, 0.1) is 0 Å². The summed E-state index contributed by atoms with van der Waals surface area (Å²) >= 11 is 0. The molecule has 7 nitrogen and oxygen atoms in total. The highest BCUT2D eigenvalue weighted by atomic mass is 16.7. The number of rotatable bonds is 9. The third-order valence-corrected chi connectivity index (χ3v) is 2.17. The van der Waals surface area contributed by atoms with Crippen LogP contribution in [0.1, 0.15) is 0 Å². The van der Waals surface area contributed by atoms with Gasteiger partial charge in [-0.2, -0.15) is 0 Å². The van der Waals surface area contributed by atoms with Crippen molar-refractivity contribution in [1.82, 2.24) is 0 Å². The van der Waals surface area contributed by atoms with Gasteiger partial charge < -0.3 is 34.3 Å². The Bertz CT molecular complexity index is 246. The van der Waals surface area contributed by atoms with Crippen molar-refractivity contribution in [2.75, 3.05) is 39.6 Å². The molecule has 106 valence electrons. The number of ether oxygens (including phenoxy) is 4. The Labute approximate surface area is 106 Å². The van der Waals surface area contributed by atoms with Crippen molar-refractivity contribution in [3.05, 3.63) is 12.5 Å². The van der Waals surface area contributed by atoms with Crippen LogP contribution in [0.5, 0.6) is 0 Å². The van der Waals surface area contributed by atoms with Crippen molar-refractivity contribution in [2.45, 2.75) is 18.3 Å². The van der Waals surface area contributed by atoms with Gasteiger partial charge in [-0.1, -0.05) is 0 Å². The third-order valence-electron chi connectivity index (χ3n) is 2.17. The molecule has 1 fully saturated rings. The number of aliphatic hydroxyl groups is 3. The molecule has 1 rings (SSSR count). The van der Waals surface area contributed by atoms with E-state index in [0.717, 1.165) is 0 Å². The highest BCUT2D eigenvalue weighted by Gasteiger charge is 2.20. The van der Waals surface area contributed by atoms with Crippen molar-refractivity contribution >= 4 is 0 Å². The summed E-state index contributed by atoms with van der Waals surface area (Å²) in [5, 5.41) is 27.0.